The maximum Gasteiger partial charge on any atom is 0.0589 e. The van der Waals surface area contributed by atoms with E-state index in [1.54, 1.807) is 0 Å². The summed E-state index contributed by atoms with van der Waals surface area (Å²) in [5.74, 6) is 0. The Morgan fingerprint density at radius 1 is 0.309 bits per heavy atom. The third-order valence-electron chi connectivity index (χ3n) is 14.9. The zero-order valence-corrected chi connectivity index (χ0v) is 41.7. The highest BCUT2D eigenvalue weighted by molar-refractivity contribution is 7.92. The lowest BCUT2D eigenvalue weighted by atomic mass is 9.80. The van der Waals surface area contributed by atoms with Crippen LogP contribution in [0.25, 0.3) is 131 Å². The highest BCUT2D eigenvalue weighted by Crippen LogP contribution is 2.49. The van der Waals surface area contributed by atoms with Gasteiger partial charge in [-0.2, -0.15) is 0 Å². The Bertz CT molecular complexity index is 3810. The summed E-state index contributed by atoms with van der Waals surface area (Å²) in [7, 11) is 2.52. The van der Waals surface area contributed by atoms with Crippen LogP contribution in [0.15, 0.2) is 194 Å². The average Bonchev–Trinajstić information content (AvgIpc) is 3.36. The van der Waals surface area contributed by atoms with Gasteiger partial charge in [-0.15, -0.1) is 17.8 Å². The molecular weight excluding hydrogens is 855 g/mol. The minimum Gasteiger partial charge on any atom is -0.118 e. The fraction of sp³-hybridized carbons (Fsp3) is 0.121. The van der Waals surface area contributed by atoms with E-state index in [0.717, 1.165) is 0 Å². The second-order valence-electron chi connectivity index (χ2n) is 20.9. The third kappa shape index (κ3) is 6.72. The highest BCUT2D eigenvalue weighted by Gasteiger charge is 2.23. The Morgan fingerprint density at radius 2 is 0.603 bits per heavy atom. The molecule has 0 aliphatic heterocycles. The van der Waals surface area contributed by atoms with Gasteiger partial charge in [0, 0.05) is 0 Å². The van der Waals surface area contributed by atoms with Crippen LogP contribution in [0.2, 0.25) is 0 Å². The van der Waals surface area contributed by atoms with Gasteiger partial charge in [-0.05, 0) is 165 Å². The summed E-state index contributed by atoms with van der Waals surface area (Å²) < 4.78 is 6.20. The summed E-state index contributed by atoms with van der Waals surface area (Å²) in [4.78, 5) is 0. The SMILES string of the molecule is CC(C)(C)c1ccc(-c2c(-c3ccc(C(C)(C)C)cc3)c3ccc(-c4ccc5ccc6cccc7ccc4c5c67)cc3c3cc(-c4ccc5ccc6cccc7ccc4c5c67)ccc23)cc1.[3H]PP. The maximum atomic E-state index is 6.20. The molecule has 0 radical (unpaired) electrons. The Labute approximate surface area is 405 Å². The van der Waals surface area contributed by atoms with E-state index in [2.05, 4.69) is 245 Å². The fourth-order valence-electron chi connectivity index (χ4n) is 11.4. The van der Waals surface area contributed by atoms with Crippen molar-refractivity contribution in [1.82, 2.24) is 0 Å². The maximum absolute atomic E-state index is 6.20. The largest absolute Gasteiger partial charge is 0.118 e. The minimum atomic E-state index is 0.0483. The first-order valence-corrected chi connectivity index (χ1v) is 26.2. The van der Waals surface area contributed by atoms with Crippen LogP contribution in [0.1, 0.15) is 52.7 Å². The molecule has 0 saturated carbocycles. The van der Waals surface area contributed by atoms with Gasteiger partial charge in [0.15, 0.2) is 0 Å². The van der Waals surface area contributed by atoms with E-state index in [-0.39, 0.29) is 19.7 Å². The van der Waals surface area contributed by atoms with Crippen molar-refractivity contribution in [3.63, 3.8) is 0 Å². The average molecular weight is 911 g/mol. The first-order valence-electron chi connectivity index (χ1n) is 24.4. The Morgan fingerprint density at radius 3 is 0.956 bits per heavy atom. The van der Waals surface area contributed by atoms with Crippen LogP contribution in [-0.2, 0) is 10.8 Å². The van der Waals surface area contributed by atoms with Gasteiger partial charge >= 0.3 is 0 Å². The number of benzene rings is 13. The van der Waals surface area contributed by atoms with Crippen molar-refractivity contribution in [2.24, 2.45) is 0 Å². The quantitative estimate of drug-likeness (QED) is 0.122. The number of hydrogen-bond donors (Lipinski definition) is 0. The van der Waals surface area contributed by atoms with E-state index >= 15 is 0 Å². The van der Waals surface area contributed by atoms with Crippen molar-refractivity contribution in [2.75, 3.05) is 0 Å². The monoisotopic (exact) mass is 910 g/mol. The van der Waals surface area contributed by atoms with E-state index in [1.807, 2.05) is 0 Å². The first-order chi connectivity index (χ1) is 33.4. The summed E-state index contributed by atoms with van der Waals surface area (Å²) in [6.45, 7) is 13.8. The molecule has 0 aliphatic carbocycles. The Hall–Kier alpha value is -6.68. The molecule has 328 valence electrons. The standard InChI is InChI=1S/C66H50.H4P2/c1-65(2,3)49-27-17-45(18-28-49)63-55-35-25-47(51-31-21-43-15-13-39-9-7-11-41-23-33-53(51)61(43)59(39)41)37-57(55)58-38-48(26-36-56(58)64(63)46-19-29-50(30-20-46)66(4,5)6)52-32-22-44-16-14-40-10-8-12-42-24-34-54(52)62(44)60(40)42;1-2/h7-38H,1-6H3;1-2H2/i;1T. The van der Waals surface area contributed by atoms with Crippen LogP contribution < -0.4 is 0 Å². The van der Waals surface area contributed by atoms with Gasteiger partial charge in [0.25, 0.3) is 0 Å². The molecule has 0 spiro atoms. The number of rotatable bonds is 4. The molecule has 0 N–H and O–H groups in total. The van der Waals surface area contributed by atoms with Crippen LogP contribution in [0.4, 0.5) is 0 Å². The molecule has 2 heteroatoms. The molecule has 0 aromatic heterocycles. The van der Waals surface area contributed by atoms with Crippen LogP contribution in [0, 0.1) is 0 Å². The second kappa shape index (κ2) is 16.0. The molecule has 2 unspecified atom stereocenters. The smallest absolute Gasteiger partial charge is 0.0589 e. The minimum absolute atomic E-state index is 0.0483. The van der Waals surface area contributed by atoms with Crippen LogP contribution in [-0.4, -0.2) is 1.28 Å². The molecule has 0 amide bonds. The lowest BCUT2D eigenvalue weighted by molar-refractivity contribution is 0.590. The predicted octanol–water partition coefficient (Wildman–Crippen LogP) is 19.7. The molecular formula is C66H54P2. The Kier molecular flexibility index (Phi) is 9.74. The summed E-state index contributed by atoms with van der Waals surface area (Å²) in [6.07, 6.45) is 0. The van der Waals surface area contributed by atoms with Crippen LogP contribution in [0.3, 0.4) is 0 Å². The highest BCUT2D eigenvalue weighted by atomic mass is 32.0. The van der Waals surface area contributed by atoms with E-state index in [1.165, 1.54) is 142 Å². The molecule has 13 aromatic rings. The van der Waals surface area contributed by atoms with Crippen molar-refractivity contribution >= 4 is 104 Å². The molecule has 0 bridgehead atoms. The number of fused-ring (bicyclic) bond motifs is 3. The normalized spacial score (nSPS) is 12.8. The zero-order chi connectivity index (χ0) is 47.3. The predicted molar refractivity (Wildman–Crippen MR) is 307 cm³/mol. The molecule has 0 heterocycles. The summed E-state index contributed by atoms with van der Waals surface area (Å²) in [6, 6.07) is 74.5. The lowest BCUT2D eigenvalue weighted by Crippen LogP contribution is -2.10. The lowest BCUT2D eigenvalue weighted by Gasteiger charge is -2.23. The third-order valence-corrected chi connectivity index (χ3v) is 14.9. The molecule has 0 saturated heterocycles. The molecule has 0 nitrogen and oxygen atoms in total. The van der Waals surface area contributed by atoms with E-state index in [0.29, 0.717) is 0 Å². The topological polar surface area (TPSA) is 0 Å². The van der Waals surface area contributed by atoms with Crippen molar-refractivity contribution in [2.45, 2.75) is 52.4 Å². The van der Waals surface area contributed by atoms with Crippen molar-refractivity contribution in [3.8, 4) is 44.5 Å². The summed E-state index contributed by atoms with van der Waals surface area (Å²) in [5.41, 5.74) is 12.8. The van der Waals surface area contributed by atoms with E-state index < -0.39 is 0 Å². The molecule has 0 aliphatic rings. The zero-order valence-electron chi connectivity index (χ0n) is 40.6. The van der Waals surface area contributed by atoms with Crippen molar-refractivity contribution < 1.29 is 0 Å². The molecule has 2 atom stereocenters. The van der Waals surface area contributed by atoms with Gasteiger partial charge in [-0.25, -0.2) is 0 Å². The van der Waals surface area contributed by atoms with Crippen molar-refractivity contribution in [3.05, 3.63) is 205 Å². The molecule has 13 rings (SSSR count). The van der Waals surface area contributed by atoms with Gasteiger partial charge < -0.3 is 0 Å². The van der Waals surface area contributed by atoms with Gasteiger partial charge in [0.1, 0.15) is 0 Å². The van der Waals surface area contributed by atoms with E-state index in [4.69, 9.17) is 1.28 Å². The summed E-state index contributed by atoms with van der Waals surface area (Å²) in [5, 5.41) is 20.7. The fourth-order valence-corrected chi connectivity index (χ4v) is 11.4. The molecule has 0 fully saturated rings. The van der Waals surface area contributed by atoms with E-state index in [9.17, 15) is 0 Å². The number of hydrogen-bond acceptors (Lipinski definition) is 0. The van der Waals surface area contributed by atoms with Crippen LogP contribution >= 0.6 is 17.8 Å². The van der Waals surface area contributed by atoms with Gasteiger partial charge in [0.05, 0.1) is 1.28 Å². The van der Waals surface area contributed by atoms with Crippen molar-refractivity contribution in [1.29, 1.82) is 1.28 Å². The molecule has 68 heavy (non-hydrogen) atoms. The second-order valence-corrected chi connectivity index (χ2v) is 20.9. The van der Waals surface area contributed by atoms with Gasteiger partial charge in [-0.1, -0.05) is 224 Å². The molecule has 13 aromatic carbocycles. The first kappa shape index (κ1) is 41.5. The van der Waals surface area contributed by atoms with Gasteiger partial charge in [-0.3, -0.25) is 0 Å². The van der Waals surface area contributed by atoms with Gasteiger partial charge in [0.2, 0.25) is 0 Å². The van der Waals surface area contributed by atoms with Crippen LogP contribution in [0.5, 0.6) is 0 Å². The summed E-state index contributed by atoms with van der Waals surface area (Å²) >= 11 is 0. The Balaban J connectivity index is 0.00000160.